The fraction of sp³-hybridized carbons (Fsp3) is 0.333. The molecule has 1 fully saturated rings. The van der Waals surface area contributed by atoms with Crippen LogP contribution < -0.4 is 10.1 Å². The van der Waals surface area contributed by atoms with E-state index in [1.807, 2.05) is 36.4 Å². The van der Waals surface area contributed by atoms with Gasteiger partial charge in [0.1, 0.15) is 12.4 Å². The predicted molar refractivity (Wildman–Crippen MR) is 101 cm³/mol. The Hall–Kier alpha value is -3.02. The summed E-state index contributed by atoms with van der Waals surface area (Å²) in [6.45, 7) is 1.44. The molecule has 6 heteroatoms. The Bertz CT molecular complexity index is 865. The van der Waals surface area contributed by atoms with E-state index in [0.717, 1.165) is 24.2 Å². The summed E-state index contributed by atoms with van der Waals surface area (Å²) in [6.07, 6.45) is 3.09. The summed E-state index contributed by atoms with van der Waals surface area (Å²) in [4.78, 5) is 25.4. The van der Waals surface area contributed by atoms with E-state index in [1.54, 1.807) is 4.90 Å². The number of fused-ring (bicyclic) bond motifs is 1. The number of amides is 2. The van der Waals surface area contributed by atoms with Crippen molar-refractivity contribution in [2.24, 2.45) is 0 Å². The van der Waals surface area contributed by atoms with Crippen LogP contribution in [-0.4, -0.2) is 36.7 Å². The molecule has 0 radical (unpaired) electrons. The minimum Gasteiger partial charge on any atom is -0.484 e. The SMILES string of the molecule is O=C(COc1ccc2c(c1)CCC2)Nc1cccc(CN2CCOC2=O)c1. The van der Waals surface area contributed by atoms with Gasteiger partial charge in [0.05, 0.1) is 6.54 Å². The molecule has 1 heterocycles. The molecule has 27 heavy (non-hydrogen) atoms. The number of hydrogen-bond acceptors (Lipinski definition) is 4. The Kier molecular flexibility index (Phi) is 4.96. The molecular weight excluding hydrogens is 344 g/mol. The molecule has 1 N–H and O–H groups in total. The second kappa shape index (κ2) is 7.70. The summed E-state index contributed by atoms with van der Waals surface area (Å²) in [5, 5.41) is 2.84. The molecule has 0 atom stereocenters. The van der Waals surface area contributed by atoms with Crippen LogP contribution >= 0.6 is 0 Å². The molecule has 6 nitrogen and oxygen atoms in total. The highest BCUT2D eigenvalue weighted by Gasteiger charge is 2.21. The van der Waals surface area contributed by atoms with Gasteiger partial charge >= 0.3 is 6.09 Å². The zero-order valence-electron chi connectivity index (χ0n) is 15.1. The van der Waals surface area contributed by atoms with Gasteiger partial charge in [-0.3, -0.25) is 4.79 Å². The average Bonchev–Trinajstić information content (AvgIpc) is 3.29. The highest BCUT2D eigenvalue weighted by atomic mass is 16.6. The van der Waals surface area contributed by atoms with Gasteiger partial charge in [0.15, 0.2) is 6.61 Å². The summed E-state index contributed by atoms with van der Waals surface area (Å²) in [7, 11) is 0. The summed E-state index contributed by atoms with van der Waals surface area (Å²) in [5.74, 6) is 0.514. The highest BCUT2D eigenvalue weighted by molar-refractivity contribution is 5.91. The van der Waals surface area contributed by atoms with Crippen molar-refractivity contribution in [2.45, 2.75) is 25.8 Å². The van der Waals surface area contributed by atoms with Gasteiger partial charge in [0, 0.05) is 12.2 Å². The lowest BCUT2D eigenvalue weighted by atomic mass is 10.1. The molecule has 1 saturated heterocycles. The molecular formula is C21H22N2O4. The van der Waals surface area contributed by atoms with Crippen LogP contribution in [0.4, 0.5) is 10.5 Å². The molecule has 0 saturated carbocycles. The molecule has 2 aromatic rings. The standard InChI is InChI=1S/C21H22N2O4/c24-20(14-27-19-8-7-16-4-2-5-17(16)12-19)22-18-6-1-3-15(11-18)13-23-9-10-26-21(23)25/h1,3,6-8,11-12H,2,4-5,9-10,13-14H2,(H,22,24). The summed E-state index contributed by atoms with van der Waals surface area (Å²) in [5.41, 5.74) is 4.32. The molecule has 1 aliphatic heterocycles. The number of carbonyl (C=O) groups is 2. The first-order chi connectivity index (χ1) is 13.2. The third kappa shape index (κ3) is 4.22. The van der Waals surface area contributed by atoms with E-state index in [2.05, 4.69) is 11.4 Å². The molecule has 0 unspecified atom stereocenters. The lowest BCUT2D eigenvalue weighted by Gasteiger charge is -2.14. The van der Waals surface area contributed by atoms with Crippen molar-refractivity contribution in [2.75, 3.05) is 25.1 Å². The van der Waals surface area contributed by atoms with Crippen LogP contribution in [0.5, 0.6) is 5.75 Å². The van der Waals surface area contributed by atoms with Gasteiger partial charge in [-0.2, -0.15) is 0 Å². The van der Waals surface area contributed by atoms with Gasteiger partial charge in [-0.25, -0.2) is 4.79 Å². The van der Waals surface area contributed by atoms with Crippen molar-refractivity contribution in [3.05, 3.63) is 59.2 Å². The first kappa shape index (κ1) is 17.4. The molecule has 0 bridgehead atoms. The maximum atomic E-state index is 12.2. The van der Waals surface area contributed by atoms with Crippen LogP contribution in [0.25, 0.3) is 0 Å². The summed E-state index contributed by atoms with van der Waals surface area (Å²) >= 11 is 0. The van der Waals surface area contributed by atoms with Crippen molar-refractivity contribution in [3.8, 4) is 5.75 Å². The van der Waals surface area contributed by atoms with Crippen LogP contribution in [0.15, 0.2) is 42.5 Å². The van der Waals surface area contributed by atoms with Gasteiger partial charge in [-0.1, -0.05) is 18.2 Å². The maximum Gasteiger partial charge on any atom is 0.410 e. The van der Waals surface area contributed by atoms with Gasteiger partial charge in [-0.15, -0.1) is 0 Å². The van der Waals surface area contributed by atoms with Crippen LogP contribution in [0.2, 0.25) is 0 Å². The summed E-state index contributed by atoms with van der Waals surface area (Å²) < 4.78 is 10.6. The smallest absolute Gasteiger partial charge is 0.410 e. The number of anilines is 1. The van der Waals surface area contributed by atoms with Gasteiger partial charge < -0.3 is 19.7 Å². The van der Waals surface area contributed by atoms with E-state index in [-0.39, 0.29) is 18.6 Å². The number of benzene rings is 2. The number of nitrogens with zero attached hydrogens (tertiary/aromatic N) is 1. The minimum absolute atomic E-state index is 0.0402. The van der Waals surface area contributed by atoms with Crippen molar-refractivity contribution in [3.63, 3.8) is 0 Å². The quantitative estimate of drug-likeness (QED) is 0.853. The van der Waals surface area contributed by atoms with E-state index in [4.69, 9.17) is 9.47 Å². The number of nitrogens with one attached hydrogen (secondary N) is 1. The number of carbonyl (C=O) groups excluding carboxylic acids is 2. The van der Waals surface area contributed by atoms with E-state index in [1.165, 1.54) is 17.5 Å². The Labute approximate surface area is 158 Å². The largest absolute Gasteiger partial charge is 0.484 e. The number of hydrogen-bond donors (Lipinski definition) is 1. The van der Waals surface area contributed by atoms with Crippen molar-refractivity contribution in [1.29, 1.82) is 0 Å². The predicted octanol–water partition coefficient (Wildman–Crippen LogP) is 3.15. The number of ether oxygens (including phenoxy) is 2. The fourth-order valence-electron chi connectivity index (χ4n) is 3.52. The van der Waals surface area contributed by atoms with Crippen LogP contribution in [0, 0.1) is 0 Å². The van der Waals surface area contributed by atoms with Crippen LogP contribution in [-0.2, 0) is 28.9 Å². The molecule has 140 valence electrons. The topological polar surface area (TPSA) is 67.9 Å². The maximum absolute atomic E-state index is 12.2. The molecule has 1 aliphatic carbocycles. The first-order valence-electron chi connectivity index (χ1n) is 9.22. The van der Waals surface area contributed by atoms with Crippen molar-refractivity contribution in [1.82, 2.24) is 4.90 Å². The zero-order chi connectivity index (χ0) is 18.6. The van der Waals surface area contributed by atoms with E-state index in [0.29, 0.717) is 25.4 Å². The zero-order valence-corrected chi connectivity index (χ0v) is 15.1. The van der Waals surface area contributed by atoms with E-state index in [9.17, 15) is 9.59 Å². The lowest BCUT2D eigenvalue weighted by Crippen LogP contribution is -2.24. The number of rotatable bonds is 6. The lowest BCUT2D eigenvalue weighted by molar-refractivity contribution is -0.118. The minimum atomic E-state index is -0.299. The first-order valence-corrected chi connectivity index (χ1v) is 9.22. The second-order valence-corrected chi connectivity index (χ2v) is 6.86. The Balaban J connectivity index is 1.31. The fourth-order valence-corrected chi connectivity index (χ4v) is 3.52. The van der Waals surface area contributed by atoms with Gasteiger partial charge in [-0.05, 0) is 60.2 Å². The molecule has 0 aromatic heterocycles. The van der Waals surface area contributed by atoms with Crippen molar-refractivity contribution < 1.29 is 19.1 Å². The molecule has 2 amide bonds. The Morgan fingerprint density at radius 2 is 2.04 bits per heavy atom. The molecule has 0 spiro atoms. The van der Waals surface area contributed by atoms with Crippen LogP contribution in [0.1, 0.15) is 23.1 Å². The molecule has 4 rings (SSSR count). The van der Waals surface area contributed by atoms with E-state index >= 15 is 0 Å². The highest BCUT2D eigenvalue weighted by Crippen LogP contribution is 2.26. The monoisotopic (exact) mass is 366 g/mol. The Morgan fingerprint density at radius 1 is 1.15 bits per heavy atom. The Morgan fingerprint density at radius 3 is 2.89 bits per heavy atom. The average molecular weight is 366 g/mol. The molecule has 2 aromatic carbocycles. The van der Waals surface area contributed by atoms with Gasteiger partial charge in [0.25, 0.3) is 5.91 Å². The van der Waals surface area contributed by atoms with E-state index < -0.39 is 0 Å². The molecule has 2 aliphatic rings. The second-order valence-electron chi connectivity index (χ2n) is 6.86. The summed E-state index contributed by atoms with van der Waals surface area (Å²) in [6, 6.07) is 13.5. The normalized spacial score (nSPS) is 15.4. The van der Waals surface area contributed by atoms with Crippen LogP contribution in [0.3, 0.4) is 0 Å². The number of cyclic esters (lactones) is 1. The van der Waals surface area contributed by atoms with Gasteiger partial charge in [0.2, 0.25) is 0 Å². The van der Waals surface area contributed by atoms with Crippen molar-refractivity contribution >= 4 is 17.7 Å². The third-order valence-electron chi connectivity index (χ3n) is 4.87. The number of aryl methyl sites for hydroxylation is 2. The third-order valence-corrected chi connectivity index (χ3v) is 4.87.